The highest BCUT2D eigenvalue weighted by Crippen LogP contribution is 2.24. The topological polar surface area (TPSA) is 56.2 Å². The third-order valence-electron chi connectivity index (χ3n) is 4.11. The molecule has 0 unspecified atom stereocenters. The van der Waals surface area contributed by atoms with E-state index in [1.54, 1.807) is 11.6 Å². The second-order valence-electron chi connectivity index (χ2n) is 5.81. The summed E-state index contributed by atoms with van der Waals surface area (Å²) >= 11 is 6.41. The van der Waals surface area contributed by atoms with Crippen LogP contribution in [0.5, 0.6) is 0 Å². The van der Waals surface area contributed by atoms with Gasteiger partial charge >= 0.3 is 0 Å². The molecule has 1 N–H and O–H groups in total. The van der Waals surface area contributed by atoms with Crippen LogP contribution in [0.2, 0.25) is 5.15 Å². The highest BCUT2D eigenvalue weighted by Gasteiger charge is 2.27. The summed E-state index contributed by atoms with van der Waals surface area (Å²) in [5.41, 5.74) is 1.85. The van der Waals surface area contributed by atoms with Crippen LogP contribution in [0.25, 0.3) is 5.69 Å². The summed E-state index contributed by atoms with van der Waals surface area (Å²) in [5.74, 6) is -0.210. The molecule has 0 aliphatic carbocycles. The van der Waals surface area contributed by atoms with Gasteiger partial charge in [0.25, 0.3) is 5.91 Å². The van der Waals surface area contributed by atoms with Crippen LogP contribution in [0.4, 0.5) is 0 Å². The van der Waals surface area contributed by atoms with E-state index in [4.69, 9.17) is 16.3 Å². The number of rotatable bonds is 4. The Morgan fingerprint density at radius 1 is 1.43 bits per heavy atom. The normalized spacial score (nSPS) is 18.8. The molecule has 0 spiro atoms. The zero-order valence-electron chi connectivity index (χ0n) is 13.3. The predicted octanol–water partition coefficient (Wildman–Crippen LogP) is 3.13. The monoisotopic (exact) mass is 333 g/mol. The van der Waals surface area contributed by atoms with Gasteiger partial charge in [-0.3, -0.25) is 4.79 Å². The number of halogens is 1. The van der Waals surface area contributed by atoms with Crippen molar-refractivity contribution in [3.05, 3.63) is 46.7 Å². The number of hydrogen-bond donors (Lipinski definition) is 1. The standard InChI is InChI=1S/C17H20ClN3O2/c1-11(14-9-6-10-23-14)19-17(22)15-12(2)20-21(16(15)18)13-7-4-3-5-8-13/h3-5,7-8,11,14H,6,9-10H2,1-2H3,(H,19,22)/t11-,14-/m1/s1. The maximum atomic E-state index is 12.6. The lowest BCUT2D eigenvalue weighted by Crippen LogP contribution is -2.41. The van der Waals surface area contributed by atoms with Crippen LogP contribution >= 0.6 is 11.6 Å². The zero-order valence-corrected chi connectivity index (χ0v) is 14.0. The van der Waals surface area contributed by atoms with E-state index in [0.717, 1.165) is 25.1 Å². The highest BCUT2D eigenvalue weighted by atomic mass is 35.5. The lowest BCUT2D eigenvalue weighted by Gasteiger charge is -2.19. The molecule has 1 fully saturated rings. The smallest absolute Gasteiger partial charge is 0.256 e. The molecule has 0 bridgehead atoms. The van der Waals surface area contributed by atoms with Crippen molar-refractivity contribution >= 4 is 17.5 Å². The Kier molecular flexibility index (Phi) is 4.68. The van der Waals surface area contributed by atoms with Crippen molar-refractivity contribution in [2.75, 3.05) is 6.61 Å². The summed E-state index contributed by atoms with van der Waals surface area (Å²) in [6.45, 7) is 4.51. The molecule has 0 radical (unpaired) electrons. The van der Waals surface area contributed by atoms with Crippen LogP contribution in [0.3, 0.4) is 0 Å². The van der Waals surface area contributed by atoms with Gasteiger partial charge in [-0.2, -0.15) is 5.10 Å². The minimum Gasteiger partial charge on any atom is -0.376 e. The first kappa shape index (κ1) is 16.0. The number of nitrogens with one attached hydrogen (secondary N) is 1. The number of ether oxygens (including phenoxy) is 1. The number of carbonyl (C=O) groups is 1. The van der Waals surface area contributed by atoms with E-state index < -0.39 is 0 Å². The number of carbonyl (C=O) groups excluding carboxylic acids is 1. The van der Waals surface area contributed by atoms with Crippen LogP contribution in [-0.4, -0.2) is 34.4 Å². The molecule has 1 aromatic heterocycles. The lowest BCUT2D eigenvalue weighted by atomic mass is 10.1. The van der Waals surface area contributed by atoms with Crippen molar-refractivity contribution in [2.24, 2.45) is 0 Å². The summed E-state index contributed by atoms with van der Waals surface area (Å²) in [5, 5.41) is 7.71. The summed E-state index contributed by atoms with van der Waals surface area (Å²) in [7, 11) is 0. The fourth-order valence-corrected chi connectivity index (χ4v) is 3.22. The van der Waals surface area contributed by atoms with Crippen molar-refractivity contribution in [2.45, 2.75) is 38.8 Å². The van der Waals surface area contributed by atoms with Gasteiger partial charge in [0.15, 0.2) is 0 Å². The summed E-state index contributed by atoms with van der Waals surface area (Å²) in [6, 6.07) is 9.47. The molecule has 2 atom stereocenters. The van der Waals surface area contributed by atoms with E-state index in [-0.39, 0.29) is 18.1 Å². The molecular weight excluding hydrogens is 314 g/mol. The molecule has 23 heavy (non-hydrogen) atoms. The molecule has 1 amide bonds. The van der Waals surface area contributed by atoms with Crippen molar-refractivity contribution in [1.29, 1.82) is 0 Å². The quantitative estimate of drug-likeness (QED) is 0.935. The highest BCUT2D eigenvalue weighted by molar-refractivity contribution is 6.33. The van der Waals surface area contributed by atoms with Crippen molar-refractivity contribution in [1.82, 2.24) is 15.1 Å². The van der Waals surface area contributed by atoms with Crippen molar-refractivity contribution in [3.8, 4) is 5.69 Å². The Bertz CT molecular complexity index is 693. The van der Waals surface area contributed by atoms with Gasteiger partial charge < -0.3 is 10.1 Å². The SMILES string of the molecule is Cc1nn(-c2ccccc2)c(Cl)c1C(=O)N[C@H](C)[C@H]1CCCO1. The van der Waals surface area contributed by atoms with Crippen LogP contribution in [0.15, 0.2) is 30.3 Å². The molecule has 1 aliphatic heterocycles. The number of aromatic nitrogens is 2. The predicted molar refractivity (Wildman–Crippen MR) is 89.2 cm³/mol. The average molecular weight is 334 g/mol. The molecule has 1 saturated heterocycles. The molecule has 3 rings (SSSR count). The largest absolute Gasteiger partial charge is 0.376 e. The summed E-state index contributed by atoms with van der Waals surface area (Å²) in [6.07, 6.45) is 2.08. The molecule has 1 aromatic carbocycles. The zero-order chi connectivity index (χ0) is 16.4. The van der Waals surface area contributed by atoms with Gasteiger partial charge in [0.2, 0.25) is 0 Å². The molecule has 2 heterocycles. The molecule has 122 valence electrons. The first-order valence-electron chi connectivity index (χ1n) is 7.81. The van der Waals surface area contributed by atoms with Crippen LogP contribution in [0, 0.1) is 6.92 Å². The van der Waals surface area contributed by atoms with Gasteiger partial charge in [-0.15, -0.1) is 0 Å². The summed E-state index contributed by atoms with van der Waals surface area (Å²) in [4.78, 5) is 12.6. The average Bonchev–Trinajstić information content (AvgIpc) is 3.16. The van der Waals surface area contributed by atoms with Gasteiger partial charge in [0.05, 0.1) is 29.1 Å². The molecule has 5 nitrogen and oxygen atoms in total. The maximum absolute atomic E-state index is 12.6. The Labute approximate surface area is 140 Å². The van der Waals surface area contributed by atoms with Gasteiger partial charge in [0.1, 0.15) is 5.15 Å². The molecule has 2 aromatic rings. The maximum Gasteiger partial charge on any atom is 0.256 e. The number of amides is 1. The lowest BCUT2D eigenvalue weighted by molar-refractivity contribution is 0.0712. The van der Waals surface area contributed by atoms with Crippen molar-refractivity contribution < 1.29 is 9.53 Å². The Hall–Kier alpha value is -1.85. The first-order valence-corrected chi connectivity index (χ1v) is 8.18. The van der Waals surface area contributed by atoms with E-state index in [0.29, 0.717) is 16.4 Å². The molecule has 0 saturated carbocycles. The molecular formula is C17H20ClN3O2. The van der Waals surface area contributed by atoms with E-state index in [9.17, 15) is 4.79 Å². The van der Waals surface area contributed by atoms with Crippen LogP contribution in [0.1, 0.15) is 35.8 Å². The molecule has 1 aliphatic rings. The van der Waals surface area contributed by atoms with Gasteiger partial charge in [0, 0.05) is 6.61 Å². The first-order chi connectivity index (χ1) is 11.1. The Morgan fingerprint density at radius 2 is 2.17 bits per heavy atom. The Morgan fingerprint density at radius 3 is 2.83 bits per heavy atom. The van der Waals surface area contributed by atoms with Crippen LogP contribution in [-0.2, 0) is 4.74 Å². The third-order valence-corrected chi connectivity index (χ3v) is 4.46. The third kappa shape index (κ3) is 3.26. The number of aryl methyl sites for hydroxylation is 1. The van der Waals surface area contributed by atoms with Crippen LogP contribution < -0.4 is 5.32 Å². The minimum atomic E-state index is -0.210. The number of para-hydroxylation sites is 1. The van der Waals surface area contributed by atoms with E-state index in [2.05, 4.69) is 10.4 Å². The summed E-state index contributed by atoms with van der Waals surface area (Å²) < 4.78 is 7.20. The van der Waals surface area contributed by atoms with Gasteiger partial charge in [-0.25, -0.2) is 4.68 Å². The number of nitrogens with zero attached hydrogens (tertiary/aromatic N) is 2. The Balaban J connectivity index is 1.82. The second-order valence-corrected chi connectivity index (χ2v) is 6.17. The minimum absolute atomic E-state index is 0.0551. The van der Waals surface area contributed by atoms with E-state index in [1.165, 1.54) is 0 Å². The van der Waals surface area contributed by atoms with E-state index in [1.807, 2.05) is 37.3 Å². The van der Waals surface area contributed by atoms with E-state index >= 15 is 0 Å². The number of hydrogen-bond acceptors (Lipinski definition) is 3. The molecule has 6 heteroatoms. The van der Waals surface area contributed by atoms with Gasteiger partial charge in [-0.05, 0) is 38.8 Å². The fourth-order valence-electron chi connectivity index (χ4n) is 2.87. The number of benzene rings is 1. The second kappa shape index (κ2) is 6.72. The van der Waals surface area contributed by atoms with Crippen molar-refractivity contribution in [3.63, 3.8) is 0 Å². The fraction of sp³-hybridized carbons (Fsp3) is 0.412. The van der Waals surface area contributed by atoms with Gasteiger partial charge in [-0.1, -0.05) is 29.8 Å².